The first-order valence-corrected chi connectivity index (χ1v) is 6.53. The van der Waals surface area contributed by atoms with Gasteiger partial charge in [-0.05, 0) is 19.4 Å². The Labute approximate surface area is 98.9 Å². The molecule has 1 unspecified atom stereocenters. The van der Waals surface area contributed by atoms with Gasteiger partial charge in [-0.3, -0.25) is 0 Å². The fraction of sp³-hybridized carbons (Fsp3) is 0.455. The van der Waals surface area contributed by atoms with Gasteiger partial charge in [0.15, 0.2) is 5.69 Å². The van der Waals surface area contributed by atoms with Crippen LogP contribution < -0.4 is 10.2 Å². The minimum atomic E-state index is -1.00. The van der Waals surface area contributed by atoms with E-state index in [2.05, 4.69) is 4.72 Å². The summed E-state index contributed by atoms with van der Waals surface area (Å²) in [4.78, 5) is 4.90. The molecular formula is C11H19N2O2S+. The Kier molecular flexibility index (Phi) is 5.62. The van der Waals surface area contributed by atoms with E-state index in [-0.39, 0.29) is 6.04 Å². The van der Waals surface area contributed by atoms with Crippen LogP contribution in [0.25, 0.3) is 0 Å². The van der Waals surface area contributed by atoms with Crippen molar-refractivity contribution in [1.82, 2.24) is 4.72 Å². The van der Waals surface area contributed by atoms with Crippen molar-refractivity contribution in [2.24, 2.45) is 0 Å². The average Bonchev–Trinajstić information content (AvgIpc) is 2.20. The summed E-state index contributed by atoms with van der Waals surface area (Å²) >= 11 is 0. The number of rotatable bonds is 6. The summed E-state index contributed by atoms with van der Waals surface area (Å²) < 4.78 is 14.6. The molecule has 1 rings (SSSR count). The lowest BCUT2D eigenvalue weighted by molar-refractivity contribution is -0.830. The van der Waals surface area contributed by atoms with Crippen LogP contribution in [0.3, 0.4) is 0 Å². The third-order valence-electron chi connectivity index (χ3n) is 1.90. The van der Waals surface area contributed by atoms with Crippen LogP contribution in [0.4, 0.5) is 5.69 Å². The van der Waals surface area contributed by atoms with E-state index >= 15 is 0 Å². The molecule has 16 heavy (non-hydrogen) atoms. The molecule has 0 spiro atoms. The molecule has 0 radical (unpaired) electrons. The highest BCUT2D eigenvalue weighted by atomic mass is 32.2. The molecule has 1 aromatic carbocycles. The summed E-state index contributed by atoms with van der Waals surface area (Å²) in [6.45, 7) is 3.96. The number of quaternary nitrogens is 1. The van der Waals surface area contributed by atoms with Crippen LogP contribution in [0.2, 0.25) is 0 Å². The average molecular weight is 243 g/mol. The van der Waals surface area contributed by atoms with E-state index in [0.717, 1.165) is 11.3 Å². The minimum absolute atomic E-state index is 0.238. The Morgan fingerprint density at radius 1 is 1.38 bits per heavy atom. The first-order valence-electron chi connectivity index (χ1n) is 5.21. The second kappa shape index (κ2) is 6.75. The summed E-state index contributed by atoms with van der Waals surface area (Å²) in [7, 11) is 0.618. The highest BCUT2D eigenvalue weighted by molar-refractivity contribution is 7.82. The van der Waals surface area contributed by atoms with E-state index in [1.165, 1.54) is 0 Å². The molecule has 90 valence electrons. The van der Waals surface area contributed by atoms with Crippen molar-refractivity contribution in [2.75, 3.05) is 7.11 Å². The fourth-order valence-corrected chi connectivity index (χ4v) is 2.39. The second-order valence-corrected chi connectivity index (χ2v) is 5.07. The van der Waals surface area contributed by atoms with Crippen LogP contribution in [-0.4, -0.2) is 17.4 Å². The summed E-state index contributed by atoms with van der Waals surface area (Å²) in [5, 5.41) is 0. The van der Waals surface area contributed by atoms with Crippen LogP contribution in [-0.2, 0) is 21.6 Å². The van der Waals surface area contributed by atoms with Crippen molar-refractivity contribution in [2.45, 2.75) is 25.6 Å². The Hall–Kier alpha value is -0.750. The standard InChI is InChI=1S/C11H18N2O2S/c1-9(2)13-16(14)8-10-4-6-11(7-5-10)12-15-3/h4-7,9,12-13H,8H2,1-3H3/p+1. The van der Waals surface area contributed by atoms with Gasteiger partial charge in [0.25, 0.3) is 0 Å². The van der Waals surface area contributed by atoms with Gasteiger partial charge in [0.2, 0.25) is 0 Å². The number of nitrogens with two attached hydrogens (primary N) is 1. The Bertz CT molecular complexity index is 338. The van der Waals surface area contributed by atoms with E-state index in [9.17, 15) is 4.21 Å². The topological polar surface area (TPSA) is 54.9 Å². The molecule has 0 aliphatic carbocycles. The highest BCUT2D eigenvalue weighted by Crippen LogP contribution is 2.06. The monoisotopic (exact) mass is 243 g/mol. The number of hydrogen-bond acceptors (Lipinski definition) is 2. The van der Waals surface area contributed by atoms with Crippen LogP contribution in [0, 0.1) is 0 Å². The maximum Gasteiger partial charge on any atom is 0.161 e. The normalized spacial score (nSPS) is 13.0. The molecule has 0 saturated carbocycles. The molecule has 0 fully saturated rings. The summed E-state index contributed by atoms with van der Waals surface area (Å²) in [5.74, 6) is 0.533. The number of hydrogen-bond donors (Lipinski definition) is 2. The molecule has 0 aliphatic rings. The lowest BCUT2D eigenvalue weighted by Gasteiger charge is -2.07. The zero-order valence-corrected chi connectivity index (χ0v) is 10.7. The quantitative estimate of drug-likeness (QED) is 0.568. The van der Waals surface area contributed by atoms with E-state index in [1.807, 2.05) is 38.1 Å². The van der Waals surface area contributed by atoms with E-state index < -0.39 is 11.0 Å². The second-order valence-electron chi connectivity index (χ2n) is 3.86. The van der Waals surface area contributed by atoms with Crippen molar-refractivity contribution in [1.29, 1.82) is 0 Å². The van der Waals surface area contributed by atoms with Gasteiger partial charge < -0.3 is 0 Å². The van der Waals surface area contributed by atoms with Crippen molar-refractivity contribution in [3.8, 4) is 0 Å². The third-order valence-corrected chi connectivity index (χ3v) is 3.23. The molecule has 4 nitrogen and oxygen atoms in total. The van der Waals surface area contributed by atoms with Gasteiger partial charge in [-0.25, -0.2) is 13.8 Å². The number of nitrogens with one attached hydrogen (secondary N) is 1. The van der Waals surface area contributed by atoms with Gasteiger partial charge in [-0.1, -0.05) is 12.1 Å². The summed E-state index contributed by atoms with van der Waals surface area (Å²) in [5.41, 5.74) is 3.74. The molecule has 0 aromatic heterocycles. The first-order chi connectivity index (χ1) is 7.61. The molecule has 0 saturated heterocycles. The SMILES string of the molecule is CO[NH2+]c1ccc(CS(=O)NC(C)C)cc1. The molecule has 1 atom stereocenters. The van der Waals surface area contributed by atoms with Crippen LogP contribution in [0.15, 0.2) is 24.3 Å². The van der Waals surface area contributed by atoms with Crippen LogP contribution in [0.5, 0.6) is 0 Å². The lowest BCUT2D eigenvalue weighted by atomic mass is 10.2. The van der Waals surface area contributed by atoms with Crippen molar-refractivity contribution >= 4 is 16.7 Å². The Balaban J connectivity index is 2.51. The third kappa shape index (κ3) is 4.85. The van der Waals surface area contributed by atoms with Gasteiger partial charge in [0, 0.05) is 18.2 Å². The molecule has 0 aliphatic heterocycles. The molecule has 0 heterocycles. The molecule has 5 heteroatoms. The van der Waals surface area contributed by atoms with E-state index in [0.29, 0.717) is 5.75 Å². The molecule has 1 aromatic rings. The molecule has 0 amide bonds. The van der Waals surface area contributed by atoms with Gasteiger partial charge >= 0.3 is 0 Å². The first kappa shape index (κ1) is 13.3. The van der Waals surface area contributed by atoms with Gasteiger partial charge in [-0.15, -0.1) is 0 Å². The zero-order chi connectivity index (χ0) is 12.0. The fourth-order valence-electron chi connectivity index (χ4n) is 1.28. The summed E-state index contributed by atoms with van der Waals surface area (Å²) in [6, 6.07) is 8.06. The summed E-state index contributed by atoms with van der Waals surface area (Å²) in [6.07, 6.45) is 0. The highest BCUT2D eigenvalue weighted by Gasteiger charge is 2.04. The zero-order valence-electron chi connectivity index (χ0n) is 9.90. The Morgan fingerprint density at radius 2 is 2.00 bits per heavy atom. The molecule has 0 bridgehead atoms. The predicted molar refractivity (Wildman–Crippen MR) is 65.2 cm³/mol. The Morgan fingerprint density at radius 3 is 2.50 bits per heavy atom. The predicted octanol–water partition coefficient (Wildman–Crippen LogP) is 0.605. The van der Waals surface area contributed by atoms with Gasteiger partial charge in [0.1, 0.15) is 0 Å². The van der Waals surface area contributed by atoms with Crippen molar-refractivity contribution in [3.63, 3.8) is 0 Å². The smallest absolute Gasteiger partial charge is 0.161 e. The lowest BCUT2D eigenvalue weighted by Crippen LogP contribution is -2.75. The van der Waals surface area contributed by atoms with Gasteiger partial charge in [0.05, 0.1) is 23.8 Å². The number of benzene rings is 1. The maximum atomic E-state index is 11.6. The largest absolute Gasteiger partial charge is 0.243 e. The van der Waals surface area contributed by atoms with E-state index in [4.69, 9.17) is 4.84 Å². The van der Waals surface area contributed by atoms with E-state index in [1.54, 1.807) is 12.6 Å². The molecular weight excluding hydrogens is 224 g/mol. The van der Waals surface area contributed by atoms with Gasteiger partial charge in [-0.2, -0.15) is 5.48 Å². The van der Waals surface area contributed by atoms with Crippen molar-refractivity contribution in [3.05, 3.63) is 29.8 Å². The van der Waals surface area contributed by atoms with Crippen LogP contribution >= 0.6 is 0 Å². The maximum absolute atomic E-state index is 11.6. The van der Waals surface area contributed by atoms with Crippen LogP contribution in [0.1, 0.15) is 19.4 Å². The minimum Gasteiger partial charge on any atom is -0.243 e. The molecule has 3 N–H and O–H groups in total. The van der Waals surface area contributed by atoms with Crippen molar-refractivity contribution < 1.29 is 14.5 Å².